The van der Waals surface area contributed by atoms with Crippen molar-refractivity contribution in [1.82, 2.24) is 10.2 Å². The van der Waals surface area contributed by atoms with Crippen molar-refractivity contribution in [2.24, 2.45) is 0 Å². The van der Waals surface area contributed by atoms with Crippen LogP contribution >= 0.6 is 0 Å². The summed E-state index contributed by atoms with van der Waals surface area (Å²) in [5.41, 5.74) is 2.69. The third kappa shape index (κ3) is 3.48. The summed E-state index contributed by atoms with van der Waals surface area (Å²) in [4.78, 5) is 4.74. The average Bonchev–Trinajstić information content (AvgIpc) is 2.46. The van der Waals surface area contributed by atoms with Crippen LogP contribution < -0.4 is 10.2 Å². The van der Waals surface area contributed by atoms with Gasteiger partial charge in [0.1, 0.15) is 0 Å². The molecule has 3 heteroatoms. The summed E-state index contributed by atoms with van der Waals surface area (Å²) < 4.78 is 0. The summed E-state index contributed by atoms with van der Waals surface area (Å²) in [6, 6.07) is 10.1. The summed E-state index contributed by atoms with van der Waals surface area (Å²) in [5.74, 6) is 0. The standard InChI is InChI=1S/C16H27N3/c1-13(19-11-5-6-15(12-19)17-2)14-7-9-16(10-8-14)18(3)4/h7-10,13,15,17H,5-6,11-12H2,1-4H3. The number of hydrogen-bond acceptors (Lipinski definition) is 3. The zero-order valence-electron chi connectivity index (χ0n) is 12.7. The van der Waals surface area contributed by atoms with Gasteiger partial charge in [0.25, 0.3) is 0 Å². The fourth-order valence-corrected chi connectivity index (χ4v) is 2.86. The fraction of sp³-hybridized carbons (Fsp3) is 0.625. The highest BCUT2D eigenvalue weighted by Gasteiger charge is 2.23. The summed E-state index contributed by atoms with van der Waals surface area (Å²) >= 11 is 0. The van der Waals surface area contributed by atoms with Gasteiger partial charge in [-0.2, -0.15) is 0 Å². The maximum Gasteiger partial charge on any atom is 0.0361 e. The molecule has 1 aromatic rings. The normalized spacial score (nSPS) is 22.2. The predicted octanol–water partition coefficient (Wildman–Crippen LogP) is 2.50. The minimum atomic E-state index is 0.507. The molecule has 106 valence electrons. The van der Waals surface area contributed by atoms with E-state index in [2.05, 4.69) is 67.4 Å². The van der Waals surface area contributed by atoms with Crippen molar-refractivity contribution in [3.05, 3.63) is 29.8 Å². The second-order valence-corrected chi connectivity index (χ2v) is 5.78. The molecule has 2 atom stereocenters. The average molecular weight is 261 g/mol. The highest BCUT2D eigenvalue weighted by Crippen LogP contribution is 2.25. The maximum absolute atomic E-state index is 3.42. The molecule has 1 aromatic carbocycles. The molecule has 1 saturated heterocycles. The zero-order valence-corrected chi connectivity index (χ0v) is 12.7. The second kappa shape index (κ2) is 6.40. The van der Waals surface area contributed by atoms with Gasteiger partial charge in [-0.3, -0.25) is 4.90 Å². The molecule has 0 saturated carbocycles. The molecule has 0 bridgehead atoms. The van der Waals surface area contributed by atoms with Gasteiger partial charge in [-0.15, -0.1) is 0 Å². The predicted molar refractivity (Wildman–Crippen MR) is 82.8 cm³/mol. The van der Waals surface area contributed by atoms with Crippen molar-refractivity contribution < 1.29 is 0 Å². The first-order valence-corrected chi connectivity index (χ1v) is 7.30. The quantitative estimate of drug-likeness (QED) is 0.898. The number of likely N-dealkylation sites (tertiary alicyclic amines) is 1. The van der Waals surface area contributed by atoms with E-state index in [1.807, 2.05) is 0 Å². The Morgan fingerprint density at radius 2 is 1.95 bits per heavy atom. The number of likely N-dealkylation sites (N-methyl/N-ethyl adjacent to an activating group) is 1. The molecule has 3 nitrogen and oxygen atoms in total. The number of anilines is 1. The van der Waals surface area contributed by atoms with Crippen LogP contribution in [-0.2, 0) is 0 Å². The van der Waals surface area contributed by atoms with Crippen LogP contribution in [0.25, 0.3) is 0 Å². The smallest absolute Gasteiger partial charge is 0.0361 e. The number of benzene rings is 1. The number of rotatable bonds is 4. The highest BCUT2D eigenvalue weighted by molar-refractivity contribution is 5.46. The van der Waals surface area contributed by atoms with Gasteiger partial charge < -0.3 is 10.2 Å². The van der Waals surface area contributed by atoms with E-state index >= 15 is 0 Å². The van der Waals surface area contributed by atoms with E-state index in [0.29, 0.717) is 12.1 Å². The summed E-state index contributed by atoms with van der Waals surface area (Å²) in [5, 5.41) is 3.42. The lowest BCUT2D eigenvalue weighted by atomic mass is 10.0. The third-order valence-corrected chi connectivity index (χ3v) is 4.30. The third-order valence-electron chi connectivity index (χ3n) is 4.30. The topological polar surface area (TPSA) is 18.5 Å². The van der Waals surface area contributed by atoms with Gasteiger partial charge in [-0.1, -0.05) is 12.1 Å². The first-order chi connectivity index (χ1) is 9.11. The fourth-order valence-electron chi connectivity index (χ4n) is 2.86. The summed E-state index contributed by atoms with van der Waals surface area (Å²) in [7, 11) is 6.24. The van der Waals surface area contributed by atoms with E-state index in [1.54, 1.807) is 0 Å². The molecule has 0 aliphatic carbocycles. The maximum atomic E-state index is 3.42. The Labute approximate surface area is 117 Å². The molecule has 19 heavy (non-hydrogen) atoms. The van der Waals surface area contributed by atoms with Gasteiger partial charge >= 0.3 is 0 Å². The molecular formula is C16H27N3. The summed E-state index contributed by atoms with van der Waals surface area (Å²) in [6.07, 6.45) is 2.60. The highest BCUT2D eigenvalue weighted by atomic mass is 15.2. The van der Waals surface area contributed by atoms with Gasteiger partial charge in [0.05, 0.1) is 0 Å². The molecule has 1 aliphatic rings. The Morgan fingerprint density at radius 3 is 2.53 bits per heavy atom. The number of nitrogens with zero attached hydrogens (tertiary/aromatic N) is 2. The Bertz CT molecular complexity index is 385. The summed E-state index contributed by atoms with van der Waals surface area (Å²) in [6.45, 7) is 4.70. The van der Waals surface area contributed by atoms with E-state index < -0.39 is 0 Å². The molecule has 2 unspecified atom stereocenters. The van der Waals surface area contributed by atoms with Crippen molar-refractivity contribution in [1.29, 1.82) is 0 Å². The van der Waals surface area contributed by atoms with Crippen LogP contribution in [0.1, 0.15) is 31.4 Å². The monoisotopic (exact) mass is 261 g/mol. The van der Waals surface area contributed by atoms with E-state index in [4.69, 9.17) is 0 Å². The second-order valence-electron chi connectivity index (χ2n) is 5.78. The first kappa shape index (κ1) is 14.4. The van der Waals surface area contributed by atoms with Gasteiger partial charge in [-0.25, -0.2) is 0 Å². The van der Waals surface area contributed by atoms with Crippen molar-refractivity contribution in [3.8, 4) is 0 Å². The number of hydrogen-bond donors (Lipinski definition) is 1. The molecule has 1 fully saturated rings. The molecule has 2 rings (SSSR count). The van der Waals surface area contributed by atoms with Crippen LogP contribution in [0.4, 0.5) is 5.69 Å². The molecule has 0 spiro atoms. The van der Waals surface area contributed by atoms with Crippen LogP contribution in [0.3, 0.4) is 0 Å². The van der Waals surface area contributed by atoms with Gasteiger partial charge in [0, 0.05) is 38.4 Å². The number of nitrogens with one attached hydrogen (secondary N) is 1. The molecule has 1 aliphatic heterocycles. The van der Waals surface area contributed by atoms with Gasteiger partial charge in [0.2, 0.25) is 0 Å². The van der Waals surface area contributed by atoms with E-state index in [1.165, 1.54) is 30.6 Å². The zero-order chi connectivity index (χ0) is 13.8. The van der Waals surface area contributed by atoms with Gasteiger partial charge in [-0.05, 0) is 51.1 Å². The van der Waals surface area contributed by atoms with Gasteiger partial charge in [0.15, 0.2) is 0 Å². The number of piperidine rings is 1. The molecule has 0 amide bonds. The molecule has 0 aromatic heterocycles. The minimum absolute atomic E-state index is 0.507. The lowest BCUT2D eigenvalue weighted by molar-refractivity contribution is 0.149. The van der Waals surface area contributed by atoms with Crippen LogP contribution in [-0.4, -0.2) is 45.2 Å². The molecular weight excluding hydrogens is 234 g/mol. The van der Waals surface area contributed by atoms with E-state index in [-0.39, 0.29) is 0 Å². The molecule has 0 radical (unpaired) electrons. The van der Waals surface area contributed by atoms with Crippen LogP contribution in [0.5, 0.6) is 0 Å². The molecule has 1 heterocycles. The van der Waals surface area contributed by atoms with Crippen LogP contribution in [0.2, 0.25) is 0 Å². The van der Waals surface area contributed by atoms with Crippen molar-refractivity contribution >= 4 is 5.69 Å². The van der Waals surface area contributed by atoms with Crippen molar-refractivity contribution in [3.63, 3.8) is 0 Å². The lowest BCUT2D eigenvalue weighted by Gasteiger charge is -2.37. The van der Waals surface area contributed by atoms with E-state index in [9.17, 15) is 0 Å². The Hall–Kier alpha value is -1.06. The van der Waals surface area contributed by atoms with Crippen LogP contribution in [0, 0.1) is 0 Å². The Kier molecular flexibility index (Phi) is 4.83. The largest absolute Gasteiger partial charge is 0.378 e. The first-order valence-electron chi connectivity index (χ1n) is 7.30. The molecule has 1 N–H and O–H groups in total. The van der Waals surface area contributed by atoms with Crippen molar-refractivity contribution in [2.75, 3.05) is 39.1 Å². The van der Waals surface area contributed by atoms with Crippen LogP contribution in [0.15, 0.2) is 24.3 Å². The van der Waals surface area contributed by atoms with Crippen molar-refractivity contribution in [2.45, 2.75) is 31.8 Å². The Balaban J connectivity index is 2.04. The lowest BCUT2D eigenvalue weighted by Crippen LogP contribution is -2.45. The SMILES string of the molecule is CNC1CCCN(C(C)c2ccc(N(C)C)cc2)C1. The van der Waals surface area contributed by atoms with E-state index in [0.717, 1.165) is 6.54 Å². The Morgan fingerprint density at radius 1 is 1.26 bits per heavy atom. The minimum Gasteiger partial charge on any atom is -0.378 e.